The van der Waals surface area contributed by atoms with Gasteiger partial charge in [-0.3, -0.25) is 0 Å². The number of nitrogens with two attached hydrogens (primary N) is 1. The number of hydrogen-bond acceptors (Lipinski definition) is 5. The molecule has 0 aliphatic heterocycles. The summed E-state index contributed by atoms with van der Waals surface area (Å²) in [5.74, 6) is 0.430. The quantitative estimate of drug-likeness (QED) is 0.370. The van der Waals surface area contributed by atoms with Crippen molar-refractivity contribution in [1.82, 2.24) is 9.78 Å². The minimum Gasteiger partial charge on any atom is -0.394 e. The summed E-state index contributed by atoms with van der Waals surface area (Å²) in [7, 11) is 0. The maximum absolute atomic E-state index is 8.61. The fourth-order valence-corrected chi connectivity index (χ4v) is 0.839. The number of nitrogens with one attached hydrogen (secondary N) is 2. The second-order valence-corrected chi connectivity index (χ2v) is 2.12. The topological polar surface area (TPSA) is 112 Å². The van der Waals surface area contributed by atoms with E-state index in [9.17, 15) is 0 Å². The molecule has 66 valence electrons. The lowest BCUT2D eigenvalue weighted by molar-refractivity contribution is 0.270. The Morgan fingerprint density at radius 2 is 2.58 bits per heavy atom. The van der Waals surface area contributed by atoms with E-state index in [1.165, 1.54) is 10.9 Å². The zero-order valence-electron chi connectivity index (χ0n) is 6.36. The highest BCUT2D eigenvalue weighted by Gasteiger charge is 2.05. The van der Waals surface area contributed by atoms with Crippen molar-refractivity contribution < 1.29 is 5.11 Å². The van der Waals surface area contributed by atoms with Gasteiger partial charge in [-0.25, -0.2) is 10.1 Å². The normalized spacial score (nSPS) is 9.75. The van der Waals surface area contributed by atoms with Crippen LogP contribution in [0.2, 0.25) is 0 Å². The first-order chi connectivity index (χ1) is 5.79. The van der Waals surface area contributed by atoms with Crippen LogP contribution < -0.4 is 11.2 Å². The molecule has 0 aliphatic carbocycles. The van der Waals surface area contributed by atoms with E-state index in [0.29, 0.717) is 18.1 Å². The summed E-state index contributed by atoms with van der Waals surface area (Å²) in [6.45, 7) is 0.294. The molecule has 0 saturated carbocycles. The van der Waals surface area contributed by atoms with Gasteiger partial charge < -0.3 is 10.8 Å². The highest BCUT2D eigenvalue weighted by Crippen LogP contribution is 2.16. The van der Waals surface area contributed by atoms with Gasteiger partial charge in [0.2, 0.25) is 0 Å². The van der Waals surface area contributed by atoms with Crippen molar-refractivity contribution in [2.75, 3.05) is 17.8 Å². The first-order valence-corrected chi connectivity index (χ1v) is 3.34. The summed E-state index contributed by atoms with van der Waals surface area (Å²) in [5.41, 5.74) is 14.8. The largest absolute Gasteiger partial charge is 0.394 e. The summed E-state index contributed by atoms with van der Waals surface area (Å²) in [6.07, 6.45) is 1.43. The lowest BCUT2D eigenvalue weighted by Crippen LogP contribution is -2.07. The summed E-state index contributed by atoms with van der Waals surface area (Å²) in [6, 6.07) is 0. The SMILES string of the molecule is N=NNc1c(N)cnn1CCO. The zero-order valence-corrected chi connectivity index (χ0v) is 6.36. The Bertz CT molecular complexity index is 269. The van der Waals surface area contributed by atoms with E-state index < -0.39 is 0 Å². The van der Waals surface area contributed by atoms with E-state index in [1.54, 1.807) is 0 Å². The Labute approximate surface area is 68.7 Å². The van der Waals surface area contributed by atoms with E-state index in [0.717, 1.165) is 0 Å². The molecule has 0 fully saturated rings. The average molecular weight is 170 g/mol. The van der Waals surface area contributed by atoms with Gasteiger partial charge in [0.1, 0.15) is 0 Å². The fraction of sp³-hybridized carbons (Fsp3) is 0.400. The summed E-state index contributed by atoms with van der Waals surface area (Å²) in [4.78, 5) is 0. The molecular weight excluding hydrogens is 160 g/mol. The standard InChI is InChI=1S/C5H10N6O/c6-4-3-8-11(1-2-12)5(4)9-10-7/h3,12H,1-2,6H2,(H2,7,9). The smallest absolute Gasteiger partial charge is 0.169 e. The molecule has 0 unspecified atom stereocenters. The van der Waals surface area contributed by atoms with Crippen molar-refractivity contribution in [3.63, 3.8) is 0 Å². The molecular formula is C5H10N6O. The molecule has 7 heteroatoms. The Balaban J connectivity index is 2.86. The van der Waals surface area contributed by atoms with Crippen molar-refractivity contribution in [3.8, 4) is 0 Å². The van der Waals surface area contributed by atoms with Crippen LogP contribution in [0.3, 0.4) is 0 Å². The van der Waals surface area contributed by atoms with Gasteiger partial charge in [-0.05, 0) is 0 Å². The molecule has 0 bridgehead atoms. The number of aromatic nitrogens is 2. The molecule has 0 amide bonds. The summed E-state index contributed by atoms with van der Waals surface area (Å²) < 4.78 is 1.44. The predicted molar refractivity (Wildman–Crippen MR) is 42.5 cm³/mol. The minimum atomic E-state index is -0.0339. The molecule has 1 aromatic heterocycles. The number of hydrogen-bond donors (Lipinski definition) is 4. The fourth-order valence-electron chi connectivity index (χ4n) is 0.839. The second-order valence-electron chi connectivity index (χ2n) is 2.12. The number of aliphatic hydroxyl groups is 1. The average Bonchev–Trinajstić information content (AvgIpc) is 2.37. The molecule has 1 heterocycles. The maximum atomic E-state index is 8.61. The minimum absolute atomic E-state index is 0.0339. The third-order valence-electron chi connectivity index (χ3n) is 1.34. The van der Waals surface area contributed by atoms with Gasteiger partial charge in [0.05, 0.1) is 25.0 Å². The Hall–Kier alpha value is -1.63. The van der Waals surface area contributed by atoms with Crippen molar-refractivity contribution in [3.05, 3.63) is 6.20 Å². The molecule has 1 aromatic rings. The monoisotopic (exact) mass is 170 g/mol. The van der Waals surface area contributed by atoms with Crippen LogP contribution in [0.5, 0.6) is 0 Å². The molecule has 0 radical (unpaired) electrons. The van der Waals surface area contributed by atoms with Crippen LogP contribution in [0.4, 0.5) is 11.5 Å². The van der Waals surface area contributed by atoms with Gasteiger partial charge in [0.25, 0.3) is 0 Å². The number of nitrogen functional groups attached to an aromatic ring is 1. The number of nitrogens with zero attached hydrogens (tertiary/aromatic N) is 3. The molecule has 0 aliphatic rings. The first kappa shape index (κ1) is 8.47. The molecule has 0 saturated heterocycles. The third kappa shape index (κ3) is 1.51. The highest BCUT2D eigenvalue weighted by atomic mass is 16.3. The van der Waals surface area contributed by atoms with Crippen LogP contribution in [0.1, 0.15) is 0 Å². The van der Waals surface area contributed by atoms with E-state index in [1.807, 2.05) is 0 Å². The molecule has 7 nitrogen and oxygen atoms in total. The van der Waals surface area contributed by atoms with Crippen LogP contribution in [0.25, 0.3) is 0 Å². The van der Waals surface area contributed by atoms with E-state index >= 15 is 0 Å². The van der Waals surface area contributed by atoms with Crippen molar-refractivity contribution in [1.29, 1.82) is 5.53 Å². The molecule has 0 aromatic carbocycles. The Morgan fingerprint density at radius 1 is 1.83 bits per heavy atom. The van der Waals surface area contributed by atoms with Crippen molar-refractivity contribution in [2.24, 2.45) is 5.22 Å². The van der Waals surface area contributed by atoms with Gasteiger partial charge >= 0.3 is 0 Å². The van der Waals surface area contributed by atoms with Gasteiger partial charge in [-0.1, -0.05) is 5.22 Å². The maximum Gasteiger partial charge on any atom is 0.169 e. The molecule has 0 spiro atoms. The van der Waals surface area contributed by atoms with Gasteiger partial charge in [-0.2, -0.15) is 10.6 Å². The summed E-state index contributed by atoms with van der Waals surface area (Å²) in [5, 5.41) is 15.4. The number of anilines is 2. The predicted octanol–water partition coefficient (Wildman–Crippen LogP) is -0.185. The van der Waals surface area contributed by atoms with E-state index in [4.69, 9.17) is 16.4 Å². The molecule has 0 atom stereocenters. The van der Waals surface area contributed by atoms with Gasteiger partial charge in [-0.15, -0.1) is 0 Å². The van der Waals surface area contributed by atoms with Crippen LogP contribution in [-0.2, 0) is 6.54 Å². The van der Waals surface area contributed by atoms with Crippen LogP contribution in [0, 0.1) is 5.53 Å². The highest BCUT2D eigenvalue weighted by molar-refractivity contribution is 5.59. The Kier molecular flexibility index (Phi) is 2.59. The van der Waals surface area contributed by atoms with E-state index in [2.05, 4.69) is 15.7 Å². The zero-order chi connectivity index (χ0) is 8.97. The first-order valence-electron chi connectivity index (χ1n) is 3.34. The van der Waals surface area contributed by atoms with Crippen LogP contribution in [-0.4, -0.2) is 21.5 Å². The molecule has 5 N–H and O–H groups in total. The Morgan fingerprint density at radius 3 is 3.17 bits per heavy atom. The second kappa shape index (κ2) is 3.67. The molecule has 1 rings (SSSR count). The number of rotatable bonds is 4. The lowest BCUT2D eigenvalue weighted by atomic mass is 10.5. The van der Waals surface area contributed by atoms with Gasteiger partial charge in [0, 0.05) is 0 Å². The van der Waals surface area contributed by atoms with Gasteiger partial charge in [0.15, 0.2) is 5.82 Å². The summed E-state index contributed by atoms with van der Waals surface area (Å²) >= 11 is 0. The van der Waals surface area contributed by atoms with Crippen LogP contribution in [0.15, 0.2) is 11.4 Å². The third-order valence-corrected chi connectivity index (χ3v) is 1.34. The lowest BCUT2D eigenvalue weighted by Gasteiger charge is -2.03. The number of aliphatic hydroxyl groups excluding tert-OH is 1. The van der Waals surface area contributed by atoms with Crippen molar-refractivity contribution in [2.45, 2.75) is 6.54 Å². The van der Waals surface area contributed by atoms with Crippen molar-refractivity contribution >= 4 is 11.5 Å². The van der Waals surface area contributed by atoms with E-state index in [-0.39, 0.29) is 6.61 Å². The van der Waals surface area contributed by atoms with Crippen LogP contribution >= 0.6 is 0 Å². The molecule has 12 heavy (non-hydrogen) atoms.